The number of carbonyl (C=O) groups excluding carboxylic acids is 3. The number of ether oxygens (including phenoxy) is 2. The number of benzene rings is 4. The number of hydrogen-bond acceptors (Lipinski definition) is 6. The number of aromatic amines is 1. The first-order valence-electron chi connectivity index (χ1n) is 17.3. The predicted octanol–water partition coefficient (Wildman–Crippen LogP) is 7.33. The number of nitrogens with one attached hydrogen (secondary N) is 3. The number of fused-ring (bicyclic) bond motifs is 1. The van der Waals surface area contributed by atoms with E-state index in [1.54, 1.807) is 19.2 Å². The summed E-state index contributed by atoms with van der Waals surface area (Å²) in [6.45, 7) is 0.914. The van der Waals surface area contributed by atoms with Gasteiger partial charge in [-0.25, -0.2) is 9.59 Å². The number of hydrogen-bond donors (Lipinski definition) is 4. The Morgan fingerprint density at radius 3 is 2.15 bits per heavy atom. The van der Waals surface area contributed by atoms with Crippen LogP contribution in [0.3, 0.4) is 0 Å². The summed E-state index contributed by atoms with van der Waals surface area (Å²) in [5.74, 6) is 0.0479. The standard InChI is InChI=1S/C40H39N5O7/c1-51-30-11-5-10-27(22-30)35-31-23-29(42-38(47)34-13-7-21-45(34)40(50)52-24-25-8-3-2-4-9-25)18-19-32(31)43-36(35)26-14-16-28(17-15-26)41-37(46)33-12-6-20-44(33)39(48)49/h2-5,8-11,14-19,22-23,33-34,43H,6-7,12-13,20-21,24H2,1H3,(H,41,46)(H,42,47)(H,48,49)/t33-,34?/m0/s1. The Balaban J connectivity index is 1.14. The zero-order chi connectivity index (χ0) is 36.2. The van der Waals surface area contributed by atoms with Crippen molar-refractivity contribution < 1.29 is 33.8 Å². The summed E-state index contributed by atoms with van der Waals surface area (Å²) in [7, 11) is 1.61. The molecular weight excluding hydrogens is 662 g/mol. The van der Waals surface area contributed by atoms with Gasteiger partial charge in [-0.3, -0.25) is 19.4 Å². The normalized spacial score (nSPS) is 16.9. The molecule has 1 aromatic heterocycles. The van der Waals surface area contributed by atoms with Gasteiger partial charge in [0.25, 0.3) is 0 Å². The molecule has 3 heterocycles. The summed E-state index contributed by atoms with van der Waals surface area (Å²) in [6.07, 6.45) is 0.747. The van der Waals surface area contributed by atoms with E-state index in [4.69, 9.17) is 9.47 Å². The molecule has 2 fully saturated rings. The number of anilines is 2. The minimum absolute atomic E-state index is 0.132. The van der Waals surface area contributed by atoms with Gasteiger partial charge < -0.3 is 30.2 Å². The molecular formula is C40H39N5O7. The lowest BCUT2D eigenvalue weighted by atomic mass is 9.97. The van der Waals surface area contributed by atoms with Crippen molar-refractivity contribution in [1.82, 2.24) is 14.8 Å². The molecule has 4 amide bonds. The van der Waals surface area contributed by atoms with E-state index in [9.17, 15) is 24.3 Å². The Bertz CT molecular complexity index is 2110. The Kier molecular flexibility index (Phi) is 9.79. The second-order valence-electron chi connectivity index (χ2n) is 12.9. The second kappa shape index (κ2) is 14.9. The fraction of sp³-hybridized carbons (Fsp3) is 0.250. The van der Waals surface area contributed by atoms with Crippen molar-refractivity contribution in [2.75, 3.05) is 30.8 Å². The molecule has 5 aromatic rings. The SMILES string of the molecule is COc1cccc(-c2c(-c3ccc(NC(=O)[C@@H]4CCCN4C(=O)O)cc3)[nH]c3ccc(NC(=O)C4CCCN4C(=O)OCc4ccccc4)cc23)c1. The molecule has 7 rings (SSSR count). The Labute approximate surface area is 300 Å². The highest BCUT2D eigenvalue weighted by Gasteiger charge is 2.36. The van der Waals surface area contributed by atoms with Crippen molar-refractivity contribution in [1.29, 1.82) is 0 Å². The fourth-order valence-corrected chi connectivity index (χ4v) is 7.06. The third kappa shape index (κ3) is 7.13. The number of H-pyrrole nitrogens is 1. The van der Waals surface area contributed by atoms with E-state index >= 15 is 0 Å². The predicted molar refractivity (Wildman–Crippen MR) is 197 cm³/mol. The quantitative estimate of drug-likeness (QED) is 0.126. The van der Waals surface area contributed by atoms with Gasteiger partial charge in [0.2, 0.25) is 11.8 Å². The molecule has 12 heteroatoms. The second-order valence-corrected chi connectivity index (χ2v) is 12.9. The molecule has 0 spiro atoms. The van der Waals surface area contributed by atoms with Crippen LogP contribution >= 0.6 is 0 Å². The maximum absolute atomic E-state index is 13.6. The van der Waals surface area contributed by atoms with Crippen LogP contribution in [0.5, 0.6) is 5.75 Å². The van der Waals surface area contributed by atoms with Crippen LogP contribution in [0.15, 0.2) is 97.1 Å². The molecule has 2 atom stereocenters. The summed E-state index contributed by atoms with van der Waals surface area (Å²) >= 11 is 0. The van der Waals surface area contributed by atoms with Crippen molar-refractivity contribution in [2.24, 2.45) is 0 Å². The smallest absolute Gasteiger partial charge is 0.410 e. The molecule has 0 bridgehead atoms. The number of rotatable bonds is 9. The van der Waals surface area contributed by atoms with Crippen LogP contribution < -0.4 is 15.4 Å². The number of amides is 4. The molecule has 1 unspecified atom stereocenters. The lowest BCUT2D eigenvalue weighted by Crippen LogP contribution is -2.43. The number of carboxylic acid groups (broad SMARTS) is 1. The van der Waals surface area contributed by atoms with Crippen LogP contribution in [0, 0.1) is 0 Å². The van der Waals surface area contributed by atoms with Gasteiger partial charge in [0.1, 0.15) is 24.4 Å². The third-order valence-electron chi connectivity index (χ3n) is 9.66. The fourth-order valence-electron chi connectivity index (χ4n) is 7.06. The monoisotopic (exact) mass is 701 g/mol. The first kappa shape index (κ1) is 34.2. The van der Waals surface area contributed by atoms with E-state index in [-0.39, 0.29) is 18.4 Å². The van der Waals surface area contributed by atoms with Gasteiger partial charge in [-0.1, -0.05) is 54.6 Å². The highest BCUT2D eigenvalue weighted by molar-refractivity contribution is 6.07. The van der Waals surface area contributed by atoms with Crippen LogP contribution in [-0.4, -0.2) is 76.2 Å². The van der Waals surface area contributed by atoms with Gasteiger partial charge in [0, 0.05) is 40.9 Å². The molecule has 0 aliphatic carbocycles. The van der Waals surface area contributed by atoms with Gasteiger partial charge >= 0.3 is 12.2 Å². The molecule has 52 heavy (non-hydrogen) atoms. The molecule has 4 N–H and O–H groups in total. The molecule has 0 saturated carbocycles. The highest BCUT2D eigenvalue weighted by atomic mass is 16.6. The average Bonchev–Trinajstić information content (AvgIpc) is 3.94. The van der Waals surface area contributed by atoms with Gasteiger partial charge in [0.15, 0.2) is 0 Å². The number of likely N-dealkylation sites (tertiary alicyclic amines) is 2. The molecule has 2 aliphatic rings. The largest absolute Gasteiger partial charge is 0.497 e. The summed E-state index contributed by atoms with van der Waals surface area (Å²) in [5, 5.41) is 16.2. The molecule has 12 nitrogen and oxygen atoms in total. The van der Waals surface area contributed by atoms with Gasteiger partial charge in [-0.2, -0.15) is 0 Å². The van der Waals surface area contributed by atoms with Crippen LogP contribution in [-0.2, 0) is 20.9 Å². The van der Waals surface area contributed by atoms with Crippen LogP contribution in [0.2, 0.25) is 0 Å². The number of nitrogens with zero attached hydrogens (tertiary/aromatic N) is 2. The van der Waals surface area contributed by atoms with Gasteiger partial charge in [-0.15, -0.1) is 0 Å². The highest BCUT2D eigenvalue weighted by Crippen LogP contribution is 2.41. The topological polar surface area (TPSA) is 153 Å². The summed E-state index contributed by atoms with van der Waals surface area (Å²) in [6, 6.07) is 28.8. The van der Waals surface area contributed by atoms with Crippen LogP contribution in [0.4, 0.5) is 21.0 Å². The van der Waals surface area contributed by atoms with Crippen molar-refractivity contribution >= 4 is 46.3 Å². The van der Waals surface area contributed by atoms with Crippen molar-refractivity contribution in [3.05, 3.63) is 103 Å². The number of methoxy groups -OCH3 is 1. The Hall–Kier alpha value is -6.30. The van der Waals surface area contributed by atoms with Crippen molar-refractivity contribution in [3.63, 3.8) is 0 Å². The Morgan fingerprint density at radius 2 is 1.44 bits per heavy atom. The lowest BCUT2D eigenvalue weighted by Gasteiger charge is -2.23. The van der Waals surface area contributed by atoms with E-state index in [1.807, 2.05) is 84.9 Å². The molecule has 2 aliphatic heterocycles. The number of carbonyl (C=O) groups is 4. The molecule has 266 valence electrons. The number of aromatic nitrogens is 1. The average molecular weight is 702 g/mol. The zero-order valence-electron chi connectivity index (χ0n) is 28.6. The maximum atomic E-state index is 13.6. The van der Waals surface area contributed by atoms with E-state index < -0.39 is 24.3 Å². The van der Waals surface area contributed by atoms with Gasteiger partial charge in [-0.05, 0) is 84.8 Å². The first-order chi connectivity index (χ1) is 25.3. The van der Waals surface area contributed by atoms with E-state index in [0.29, 0.717) is 55.9 Å². The maximum Gasteiger partial charge on any atom is 0.410 e. The summed E-state index contributed by atoms with van der Waals surface area (Å²) in [5.41, 5.74) is 6.29. The minimum Gasteiger partial charge on any atom is -0.497 e. The van der Waals surface area contributed by atoms with Crippen molar-refractivity contribution in [2.45, 2.75) is 44.4 Å². The van der Waals surface area contributed by atoms with Crippen LogP contribution in [0.1, 0.15) is 31.2 Å². The van der Waals surface area contributed by atoms with Crippen LogP contribution in [0.25, 0.3) is 33.3 Å². The minimum atomic E-state index is -1.10. The molecule has 4 aromatic carbocycles. The van der Waals surface area contributed by atoms with Crippen molar-refractivity contribution in [3.8, 4) is 28.1 Å². The molecule has 2 saturated heterocycles. The summed E-state index contributed by atoms with van der Waals surface area (Å²) in [4.78, 5) is 57.3. The van der Waals surface area contributed by atoms with E-state index in [0.717, 1.165) is 38.9 Å². The summed E-state index contributed by atoms with van der Waals surface area (Å²) < 4.78 is 11.1. The lowest BCUT2D eigenvalue weighted by molar-refractivity contribution is -0.120. The first-order valence-corrected chi connectivity index (χ1v) is 17.3. The van der Waals surface area contributed by atoms with E-state index in [2.05, 4.69) is 15.6 Å². The van der Waals surface area contributed by atoms with Gasteiger partial charge in [0.05, 0.1) is 12.8 Å². The van der Waals surface area contributed by atoms with E-state index in [1.165, 1.54) is 9.80 Å². The molecule has 0 radical (unpaired) electrons. The zero-order valence-corrected chi connectivity index (χ0v) is 28.6. The Morgan fingerprint density at radius 1 is 0.769 bits per heavy atom. The third-order valence-corrected chi connectivity index (χ3v) is 9.66.